The first-order chi connectivity index (χ1) is 9.95. The lowest BCUT2D eigenvalue weighted by Gasteiger charge is -2.13. The average molecular weight is 417 g/mol. The maximum absolute atomic E-state index is 12.9. The Kier molecular flexibility index (Phi) is 5.79. The van der Waals surface area contributed by atoms with Crippen molar-refractivity contribution < 1.29 is 9.13 Å². The Balaban J connectivity index is 2.11. The number of benzene rings is 2. The molecule has 0 saturated heterocycles. The second-order valence-corrected chi connectivity index (χ2v) is 6.69. The van der Waals surface area contributed by atoms with Gasteiger partial charge in [0.15, 0.2) is 0 Å². The minimum Gasteiger partial charge on any atom is -0.487 e. The molecule has 0 aliphatic heterocycles. The van der Waals surface area contributed by atoms with Crippen molar-refractivity contribution in [3.8, 4) is 5.75 Å². The van der Waals surface area contributed by atoms with E-state index in [0.29, 0.717) is 6.61 Å². The monoisotopic (exact) mass is 415 g/mol. The van der Waals surface area contributed by atoms with Crippen LogP contribution in [0.5, 0.6) is 5.75 Å². The topological polar surface area (TPSA) is 35.2 Å². The van der Waals surface area contributed by atoms with Crippen LogP contribution in [-0.2, 0) is 13.0 Å². The molecule has 2 aromatic carbocycles. The fourth-order valence-electron chi connectivity index (χ4n) is 1.98. The summed E-state index contributed by atoms with van der Waals surface area (Å²) in [4.78, 5) is 0. The standard InChI is InChI=1S/C16H16Br2FNO/c1-10(20)6-12-7-14(17)16(15(18)8-12)21-9-11-2-4-13(19)5-3-11/h2-5,7-8,10H,6,9,20H2,1H3. The van der Waals surface area contributed by atoms with Crippen molar-refractivity contribution in [3.63, 3.8) is 0 Å². The second kappa shape index (κ2) is 7.38. The minimum absolute atomic E-state index is 0.106. The number of rotatable bonds is 5. The molecule has 0 heterocycles. The molecule has 0 aromatic heterocycles. The van der Waals surface area contributed by atoms with Crippen LogP contribution in [-0.4, -0.2) is 6.04 Å². The van der Waals surface area contributed by atoms with Gasteiger partial charge in [-0.3, -0.25) is 0 Å². The number of ether oxygens (including phenoxy) is 1. The average Bonchev–Trinajstić information content (AvgIpc) is 2.39. The SMILES string of the molecule is CC(N)Cc1cc(Br)c(OCc2ccc(F)cc2)c(Br)c1. The molecule has 2 nitrogen and oxygen atoms in total. The molecular formula is C16H16Br2FNO. The van der Waals surface area contributed by atoms with Crippen molar-refractivity contribution in [1.29, 1.82) is 0 Å². The van der Waals surface area contributed by atoms with Crippen LogP contribution in [0.1, 0.15) is 18.1 Å². The van der Waals surface area contributed by atoms with Gasteiger partial charge < -0.3 is 10.5 Å². The molecule has 1 atom stereocenters. The largest absolute Gasteiger partial charge is 0.487 e. The molecular weight excluding hydrogens is 401 g/mol. The van der Waals surface area contributed by atoms with Crippen molar-refractivity contribution in [2.24, 2.45) is 5.73 Å². The number of hydrogen-bond acceptors (Lipinski definition) is 2. The Labute approximate surface area is 140 Å². The highest BCUT2D eigenvalue weighted by Gasteiger charge is 2.10. The van der Waals surface area contributed by atoms with Gasteiger partial charge in [0.2, 0.25) is 0 Å². The van der Waals surface area contributed by atoms with Crippen LogP contribution in [0, 0.1) is 5.82 Å². The first-order valence-corrected chi connectivity index (χ1v) is 8.15. The smallest absolute Gasteiger partial charge is 0.148 e. The Morgan fingerprint density at radius 1 is 1.10 bits per heavy atom. The molecule has 0 radical (unpaired) electrons. The van der Waals surface area contributed by atoms with E-state index in [0.717, 1.165) is 32.2 Å². The summed E-state index contributed by atoms with van der Waals surface area (Å²) in [5.74, 6) is 0.481. The molecule has 0 spiro atoms. The molecule has 2 aromatic rings. The number of hydrogen-bond donors (Lipinski definition) is 1. The van der Waals surface area contributed by atoms with E-state index >= 15 is 0 Å². The second-order valence-electron chi connectivity index (χ2n) is 4.99. The highest BCUT2D eigenvalue weighted by atomic mass is 79.9. The van der Waals surface area contributed by atoms with Crippen LogP contribution in [0.25, 0.3) is 0 Å². The molecule has 5 heteroatoms. The van der Waals surface area contributed by atoms with Crippen molar-refractivity contribution >= 4 is 31.9 Å². The van der Waals surface area contributed by atoms with Gasteiger partial charge >= 0.3 is 0 Å². The highest BCUT2D eigenvalue weighted by Crippen LogP contribution is 2.35. The van der Waals surface area contributed by atoms with E-state index in [1.165, 1.54) is 12.1 Å². The van der Waals surface area contributed by atoms with Crippen LogP contribution < -0.4 is 10.5 Å². The number of halogens is 3. The summed E-state index contributed by atoms with van der Waals surface area (Å²) in [6.45, 7) is 2.35. The summed E-state index contributed by atoms with van der Waals surface area (Å²) in [5, 5.41) is 0. The first-order valence-electron chi connectivity index (χ1n) is 6.56. The molecule has 2 rings (SSSR count). The molecule has 1 unspecified atom stereocenters. The van der Waals surface area contributed by atoms with Crippen molar-refractivity contribution in [2.45, 2.75) is 26.0 Å². The van der Waals surface area contributed by atoms with Crippen molar-refractivity contribution in [2.75, 3.05) is 0 Å². The Bertz CT molecular complexity index is 591. The van der Waals surface area contributed by atoms with E-state index in [1.54, 1.807) is 12.1 Å². The number of nitrogens with two attached hydrogens (primary N) is 1. The summed E-state index contributed by atoms with van der Waals surface area (Å²) in [7, 11) is 0. The van der Waals surface area contributed by atoms with Crippen molar-refractivity contribution in [3.05, 3.63) is 62.3 Å². The van der Waals surface area contributed by atoms with E-state index in [-0.39, 0.29) is 11.9 Å². The van der Waals surface area contributed by atoms with E-state index in [2.05, 4.69) is 31.9 Å². The molecule has 112 valence electrons. The molecule has 0 bridgehead atoms. The zero-order chi connectivity index (χ0) is 15.4. The van der Waals surface area contributed by atoms with Gasteiger partial charge in [0.25, 0.3) is 0 Å². The Morgan fingerprint density at radius 2 is 1.67 bits per heavy atom. The first kappa shape index (κ1) is 16.5. The van der Waals surface area contributed by atoms with Crippen LogP contribution in [0.4, 0.5) is 4.39 Å². The van der Waals surface area contributed by atoms with Gasteiger partial charge in [-0.15, -0.1) is 0 Å². The summed E-state index contributed by atoms with van der Waals surface area (Å²) in [6, 6.07) is 10.4. The third-order valence-corrected chi connectivity index (χ3v) is 4.09. The molecule has 0 aliphatic rings. The maximum atomic E-state index is 12.9. The van der Waals surface area contributed by atoms with Crippen LogP contribution >= 0.6 is 31.9 Å². The Hall–Kier alpha value is -0.910. The van der Waals surface area contributed by atoms with E-state index < -0.39 is 0 Å². The van der Waals surface area contributed by atoms with Crippen LogP contribution in [0.3, 0.4) is 0 Å². The normalized spacial score (nSPS) is 12.2. The zero-order valence-electron chi connectivity index (χ0n) is 11.6. The lowest BCUT2D eigenvalue weighted by atomic mass is 10.1. The molecule has 0 amide bonds. The summed E-state index contributed by atoms with van der Waals surface area (Å²) >= 11 is 7.03. The third kappa shape index (κ3) is 4.80. The van der Waals surface area contributed by atoms with E-state index in [1.807, 2.05) is 19.1 Å². The van der Waals surface area contributed by atoms with Gasteiger partial charge in [-0.25, -0.2) is 4.39 Å². The summed E-state index contributed by atoms with van der Waals surface area (Å²) < 4.78 is 20.4. The van der Waals surface area contributed by atoms with Gasteiger partial charge in [-0.1, -0.05) is 12.1 Å². The van der Waals surface area contributed by atoms with Gasteiger partial charge in [-0.2, -0.15) is 0 Å². The summed E-state index contributed by atoms with van der Waals surface area (Å²) in [5.41, 5.74) is 7.87. The fraction of sp³-hybridized carbons (Fsp3) is 0.250. The van der Waals surface area contributed by atoms with Gasteiger partial charge in [0.1, 0.15) is 18.2 Å². The highest BCUT2D eigenvalue weighted by molar-refractivity contribution is 9.11. The predicted octanol–water partition coefficient (Wildman–Crippen LogP) is 4.82. The fourth-order valence-corrected chi connectivity index (χ4v) is 3.49. The lowest BCUT2D eigenvalue weighted by Crippen LogP contribution is -2.17. The minimum atomic E-state index is -0.249. The van der Waals surface area contributed by atoms with Gasteiger partial charge in [0.05, 0.1) is 8.95 Å². The lowest BCUT2D eigenvalue weighted by molar-refractivity contribution is 0.302. The Morgan fingerprint density at radius 3 is 2.19 bits per heavy atom. The van der Waals surface area contributed by atoms with E-state index in [9.17, 15) is 4.39 Å². The van der Waals surface area contributed by atoms with Crippen LogP contribution in [0.2, 0.25) is 0 Å². The zero-order valence-corrected chi connectivity index (χ0v) is 14.7. The molecule has 0 aliphatic carbocycles. The van der Waals surface area contributed by atoms with Gasteiger partial charge in [-0.05, 0) is 80.6 Å². The van der Waals surface area contributed by atoms with Crippen molar-refractivity contribution in [1.82, 2.24) is 0 Å². The van der Waals surface area contributed by atoms with E-state index in [4.69, 9.17) is 10.5 Å². The quantitative estimate of drug-likeness (QED) is 0.758. The molecule has 2 N–H and O–H groups in total. The third-order valence-electron chi connectivity index (χ3n) is 2.91. The molecule has 21 heavy (non-hydrogen) atoms. The van der Waals surface area contributed by atoms with Gasteiger partial charge in [0, 0.05) is 6.04 Å². The summed E-state index contributed by atoms with van der Waals surface area (Å²) in [6.07, 6.45) is 0.801. The predicted molar refractivity (Wildman–Crippen MR) is 89.9 cm³/mol. The maximum Gasteiger partial charge on any atom is 0.148 e. The van der Waals surface area contributed by atoms with Crippen LogP contribution in [0.15, 0.2) is 45.3 Å². The molecule has 0 fully saturated rings. The molecule has 0 saturated carbocycles.